The van der Waals surface area contributed by atoms with Crippen LogP contribution in [0, 0.1) is 11.8 Å². The summed E-state index contributed by atoms with van der Waals surface area (Å²) in [7, 11) is 0. The van der Waals surface area contributed by atoms with Gasteiger partial charge in [-0.25, -0.2) is 0 Å². The van der Waals surface area contributed by atoms with E-state index in [4.69, 9.17) is 0 Å². The Morgan fingerprint density at radius 2 is 1.58 bits per heavy atom. The van der Waals surface area contributed by atoms with Crippen molar-refractivity contribution in [1.82, 2.24) is 4.90 Å². The Hall–Kier alpha value is -3.68. The molecule has 0 atom stereocenters. The molecule has 4 amide bonds. The molecule has 0 bridgehead atoms. The van der Waals surface area contributed by atoms with Crippen LogP contribution in [-0.2, 0) is 14.4 Å². The molecule has 170 valence electrons. The van der Waals surface area contributed by atoms with Crippen molar-refractivity contribution in [2.75, 3.05) is 35.2 Å². The average molecular weight is 447 g/mol. The Labute approximate surface area is 191 Å². The maximum atomic E-state index is 13.1. The zero-order chi connectivity index (χ0) is 22.9. The summed E-state index contributed by atoms with van der Waals surface area (Å²) in [6.07, 6.45) is 3.32. The first-order chi connectivity index (χ1) is 16.0. The molecule has 2 aliphatic heterocycles. The number of fused-ring (bicyclic) bond motifs is 1. The van der Waals surface area contributed by atoms with Crippen LogP contribution >= 0.6 is 0 Å². The van der Waals surface area contributed by atoms with Crippen LogP contribution in [0.1, 0.15) is 36.0 Å². The lowest BCUT2D eigenvalue weighted by Gasteiger charge is -2.31. The van der Waals surface area contributed by atoms with Gasteiger partial charge in [0.15, 0.2) is 0 Å². The molecule has 8 heteroatoms. The van der Waals surface area contributed by atoms with Crippen LogP contribution in [0.15, 0.2) is 48.5 Å². The van der Waals surface area contributed by atoms with Crippen molar-refractivity contribution in [1.29, 1.82) is 0 Å². The zero-order valence-electron chi connectivity index (χ0n) is 18.3. The van der Waals surface area contributed by atoms with Crippen molar-refractivity contribution in [2.45, 2.75) is 25.7 Å². The number of para-hydroxylation sites is 2. The van der Waals surface area contributed by atoms with E-state index in [2.05, 4.69) is 10.6 Å². The number of hydrogen-bond donors (Lipinski definition) is 2. The molecule has 1 saturated carbocycles. The van der Waals surface area contributed by atoms with Crippen LogP contribution in [0.3, 0.4) is 0 Å². The third-order valence-electron chi connectivity index (χ3n) is 6.52. The highest BCUT2D eigenvalue weighted by Crippen LogP contribution is 2.33. The smallest absolute Gasteiger partial charge is 0.258 e. The lowest BCUT2D eigenvalue weighted by atomic mass is 9.95. The van der Waals surface area contributed by atoms with Crippen molar-refractivity contribution < 1.29 is 19.2 Å². The second-order valence-corrected chi connectivity index (χ2v) is 8.90. The highest BCUT2D eigenvalue weighted by molar-refractivity contribution is 6.15. The molecule has 0 spiro atoms. The van der Waals surface area contributed by atoms with Gasteiger partial charge in [-0.1, -0.05) is 12.1 Å². The van der Waals surface area contributed by atoms with Gasteiger partial charge in [-0.3, -0.25) is 24.1 Å². The van der Waals surface area contributed by atoms with E-state index < -0.39 is 0 Å². The molecule has 2 aromatic rings. The van der Waals surface area contributed by atoms with E-state index in [0.29, 0.717) is 48.6 Å². The molecular weight excluding hydrogens is 420 g/mol. The van der Waals surface area contributed by atoms with Gasteiger partial charge in [0.1, 0.15) is 6.54 Å². The number of nitrogens with zero attached hydrogens (tertiary/aromatic N) is 2. The van der Waals surface area contributed by atoms with Crippen molar-refractivity contribution in [2.24, 2.45) is 11.8 Å². The highest BCUT2D eigenvalue weighted by Gasteiger charge is 2.36. The number of anilines is 3. The molecular formula is C25H26N4O4. The number of carbonyl (C=O) groups excluding carboxylic acids is 4. The third kappa shape index (κ3) is 4.46. The SMILES string of the molecule is O=C1CN(C(=O)c2ccc(NC(=O)C3CCN(C(=O)C4CC4)CC3)cc2)c2ccccc2N1. The lowest BCUT2D eigenvalue weighted by Crippen LogP contribution is -2.42. The molecule has 1 aliphatic carbocycles. The first kappa shape index (κ1) is 21.2. The van der Waals surface area contributed by atoms with E-state index in [1.165, 1.54) is 4.90 Å². The fourth-order valence-corrected chi connectivity index (χ4v) is 4.46. The Bertz CT molecular complexity index is 1100. The lowest BCUT2D eigenvalue weighted by molar-refractivity contribution is -0.135. The van der Waals surface area contributed by atoms with Gasteiger partial charge >= 0.3 is 0 Å². The van der Waals surface area contributed by atoms with Gasteiger partial charge < -0.3 is 15.5 Å². The number of likely N-dealkylation sites (tertiary alicyclic amines) is 1. The maximum absolute atomic E-state index is 13.1. The summed E-state index contributed by atoms with van der Waals surface area (Å²) in [4.78, 5) is 53.3. The Morgan fingerprint density at radius 3 is 2.27 bits per heavy atom. The van der Waals surface area contributed by atoms with Gasteiger partial charge in [0.25, 0.3) is 5.91 Å². The summed E-state index contributed by atoms with van der Waals surface area (Å²) in [6, 6.07) is 13.9. The minimum Gasteiger partial charge on any atom is -0.342 e. The largest absolute Gasteiger partial charge is 0.342 e. The predicted molar refractivity (Wildman–Crippen MR) is 124 cm³/mol. The fraction of sp³-hybridized carbons (Fsp3) is 0.360. The highest BCUT2D eigenvalue weighted by atomic mass is 16.2. The number of carbonyl (C=O) groups is 4. The van der Waals surface area contributed by atoms with Gasteiger partial charge in [0.05, 0.1) is 11.4 Å². The van der Waals surface area contributed by atoms with Crippen molar-refractivity contribution in [3.05, 3.63) is 54.1 Å². The first-order valence-corrected chi connectivity index (χ1v) is 11.4. The summed E-state index contributed by atoms with van der Waals surface area (Å²) in [5.74, 6) is -0.252. The van der Waals surface area contributed by atoms with E-state index in [-0.39, 0.29) is 42.0 Å². The van der Waals surface area contributed by atoms with Crippen LogP contribution in [0.4, 0.5) is 17.1 Å². The molecule has 0 aromatic heterocycles. The Kier molecular flexibility index (Phi) is 5.58. The summed E-state index contributed by atoms with van der Waals surface area (Å²) in [5, 5.41) is 5.70. The Balaban J connectivity index is 1.20. The second kappa shape index (κ2) is 8.69. The van der Waals surface area contributed by atoms with Crippen molar-refractivity contribution in [3.63, 3.8) is 0 Å². The normalized spacial score (nSPS) is 18.4. The van der Waals surface area contributed by atoms with Gasteiger partial charge in [-0.2, -0.15) is 0 Å². The third-order valence-corrected chi connectivity index (χ3v) is 6.52. The second-order valence-electron chi connectivity index (χ2n) is 8.90. The van der Waals surface area contributed by atoms with Crippen LogP contribution in [0.2, 0.25) is 0 Å². The number of hydrogen-bond acceptors (Lipinski definition) is 4. The molecule has 1 saturated heterocycles. The molecule has 0 radical (unpaired) electrons. The van der Waals surface area contributed by atoms with E-state index in [1.807, 2.05) is 11.0 Å². The number of amides is 4. The number of rotatable bonds is 4. The minimum atomic E-state index is -0.275. The number of nitrogens with one attached hydrogen (secondary N) is 2. The quantitative estimate of drug-likeness (QED) is 0.755. The Morgan fingerprint density at radius 1 is 0.879 bits per heavy atom. The zero-order valence-corrected chi connectivity index (χ0v) is 18.3. The van der Waals surface area contributed by atoms with Crippen molar-refractivity contribution in [3.8, 4) is 0 Å². The molecule has 2 fully saturated rings. The molecule has 0 unspecified atom stereocenters. The van der Waals surface area contributed by atoms with Crippen LogP contribution in [-0.4, -0.2) is 48.2 Å². The first-order valence-electron chi connectivity index (χ1n) is 11.4. The van der Waals surface area contributed by atoms with E-state index in [9.17, 15) is 19.2 Å². The van der Waals surface area contributed by atoms with Gasteiger partial charge in [0.2, 0.25) is 17.7 Å². The van der Waals surface area contributed by atoms with E-state index >= 15 is 0 Å². The van der Waals surface area contributed by atoms with E-state index in [0.717, 1.165) is 12.8 Å². The fourth-order valence-electron chi connectivity index (χ4n) is 4.46. The number of benzene rings is 2. The van der Waals surface area contributed by atoms with Crippen LogP contribution in [0.25, 0.3) is 0 Å². The maximum Gasteiger partial charge on any atom is 0.258 e. The molecule has 3 aliphatic rings. The molecule has 2 heterocycles. The monoisotopic (exact) mass is 446 g/mol. The van der Waals surface area contributed by atoms with Gasteiger partial charge in [0, 0.05) is 36.2 Å². The standard InChI is InChI=1S/C25H26N4O4/c30-22-15-29(21-4-2-1-3-20(21)27-22)25(33)18-7-9-19(10-8-18)26-23(31)16-11-13-28(14-12-16)24(32)17-5-6-17/h1-4,7-10,16-17H,5-6,11-15H2,(H,26,31)(H,27,30). The average Bonchev–Trinajstić information content (AvgIpc) is 3.69. The van der Waals surface area contributed by atoms with Crippen LogP contribution < -0.4 is 15.5 Å². The molecule has 2 N–H and O–H groups in total. The molecule has 2 aromatic carbocycles. The number of piperidine rings is 1. The molecule has 5 rings (SSSR count). The minimum absolute atomic E-state index is 0.0454. The summed E-state index contributed by atoms with van der Waals surface area (Å²) < 4.78 is 0. The van der Waals surface area contributed by atoms with Gasteiger partial charge in [-0.05, 0) is 62.1 Å². The van der Waals surface area contributed by atoms with Crippen molar-refractivity contribution >= 4 is 40.7 Å². The summed E-state index contributed by atoms with van der Waals surface area (Å²) >= 11 is 0. The summed E-state index contributed by atoms with van der Waals surface area (Å²) in [5.41, 5.74) is 2.32. The predicted octanol–water partition coefficient (Wildman–Crippen LogP) is 2.87. The van der Waals surface area contributed by atoms with Crippen LogP contribution in [0.5, 0.6) is 0 Å². The van der Waals surface area contributed by atoms with Gasteiger partial charge in [-0.15, -0.1) is 0 Å². The molecule has 33 heavy (non-hydrogen) atoms. The van der Waals surface area contributed by atoms with E-state index in [1.54, 1.807) is 42.5 Å². The topological polar surface area (TPSA) is 98.8 Å². The summed E-state index contributed by atoms with van der Waals surface area (Å²) in [6.45, 7) is 1.22. The molecule has 8 nitrogen and oxygen atoms in total.